The van der Waals surface area contributed by atoms with E-state index in [2.05, 4.69) is 25.5 Å². The van der Waals surface area contributed by atoms with E-state index in [1.54, 1.807) is 12.5 Å². The van der Waals surface area contributed by atoms with Gasteiger partial charge in [0.1, 0.15) is 12.1 Å². The van der Waals surface area contributed by atoms with Gasteiger partial charge in [-0.05, 0) is 18.8 Å². The zero-order chi connectivity index (χ0) is 9.38. The molecule has 5 heteroatoms. The van der Waals surface area contributed by atoms with Gasteiger partial charge in [-0.25, -0.2) is 9.97 Å². The van der Waals surface area contributed by atoms with Crippen LogP contribution in [0, 0.1) is 5.92 Å². The fraction of sp³-hybridized carbons (Fsp3) is 0.444. The number of nitrogens with one attached hydrogen (secondary N) is 2. The van der Waals surface area contributed by atoms with Crippen LogP contribution >= 0.6 is 0 Å². The topological polar surface area (TPSA) is 66.5 Å². The number of H-pyrrole nitrogens is 1. The van der Waals surface area contributed by atoms with Gasteiger partial charge < -0.3 is 5.32 Å². The molecule has 1 fully saturated rings. The van der Waals surface area contributed by atoms with Crippen LogP contribution in [0.1, 0.15) is 12.8 Å². The Labute approximate surface area is 81.0 Å². The van der Waals surface area contributed by atoms with Gasteiger partial charge in [0, 0.05) is 6.54 Å². The van der Waals surface area contributed by atoms with Crippen LogP contribution in [0.25, 0.3) is 11.0 Å². The van der Waals surface area contributed by atoms with Crippen LogP contribution in [0.3, 0.4) is 0 Å². The molecule has 0 bridgehead atoms. The lowest BCUT2D eigenvalue weighted by molar-refractivity contribution is 0.883. The Morgan fingerprint density at radius 3 is 3.21 bits per heavy atom. The number of aromatic amines is 1. The normalized spacial score (nSPS) is 16.0. The minimum Gasteiger partial charge on any atom is -0.369 e. The monoisotopic (exact) mass is 189 g/mol. The number of rotatable bonds is 3. The second-order valence-corrected chi connectivity index (χ2v) is 3.68. The SMILES string of the molecule is c1nc(NCC2CC2)c2cn[nH]c2n1. The molecule has 1 saturated carbocycles. The summed E-state index contributed by atoms with van der Waals surface area (Å²) < 4.78 is 0. The lowest BCUT2D eigenvalue weighted by Gasteiger charge is -2.03. The number of anilines is 1. The Morgan fingerprint density at radius 1 is 1.43 bits per heavy atom. The van der Waals surface area contributed by atoms with Crippen LogP contribution in [0.4, 0.5) is 5.82 Å². The number of aromatic nitrogens is 4. The molecule has 0 spiro atoms. The van der Waals surface area contributed by atoms with Crippen LogP contribution in [0.2, 0.25) is 0 Å². The zero-order valence-electron chi connectivity index (χ0n) is 7.70. The fourth-order valence-corrected chi connectivity index (χ4v) is 1.47. The van der Waals surface area contributed by atoms with Gasteiger partial charge in [0.2, 0.25) is 0 Å². The Bertz CT molecular complexity index is 445. The van der Waals surface area contributed by atoms with E-state index in [0.717, 1.165) is 29.3 Å². The summed E-state index contributed by atoms with van der Waals surface area (Å²) in [6, 6.07) is 0. The molecule has 1 aliphatic rings. The first-order chi connectivity index (χ1) is 6.93. The number of hydrogen-bond donors (Lipinski definition) is 2. The molecule has 0 saturated heterocycles. The van der Waals surface area contributed by atoms with Crippen molar-refractivity contribution < 1.29 is 0 Å². The molecule has 14 heavy (non-hydrogen) atoms. The lowest BCUT2D eigenvalue weighted by Crippen LogP contribution is -2.05. The molecule has 5 nitrogen and oxygen atoms in total. The summed E-state index contributed by atoms with van der Waals surface area (Å²) in [5.41, 5.74) is 0.790. The Balaban J connectivity index is 1.89. The zero-order valence-corrected chi connectivity index (χ0v) is 7.70. The maximum atomic E-state index is 4.20. The Morgan fingerprint density at radius 2 is 2.36 bits per heavy atom. The molecule has 2 aromatic rings. The third kappa shape index (κ3) is 1.30. The van der Waals surface area contributed by atoms with E-state index in [0.29, 0.717) is 0 Å². The van der Waals surface area contributed by atoms with Gasteiger partial charge in [0.05, 0.1) is 11.6 Å². The molecule has 0 radical (unpaired) electrons. The van der Waals surface area contributed by atoms with E-state index in [9.17, 15) is 0 Å². The molecule has 0 aliphatic heterocycles. The first kappa shape index (κ1) is 7.73. The maximum Gasteiger partial charge on any atom is 0.160 e. The number of nitrogens with zero attached hydrogens (tertiary/aromatic N) is 3. The van der Waals surface area contributed by atoms with E-state index in [4.69, 9.17) is 0 Å². The summed E-state index contributed by atoms with van der Waals surface area (Å²) in [6.07, 6.45) is 5.99. The van der Waals surface area contributed by atoms with E-state index < -0.39 is 0 Å². The molecule has 2 heterocycles. The molecule has 2 aromatic heterocycles. The van der Waals surface area contributed by atoms with Crippen LogP contribution in [0.5, 0.6) is 0 Å². The molecule has 0 unspecified atom stereocenters. The summed E-state index contributed by atoms with van der Waals surface area (Å²) in [7, 11) is 0. The minimum absolute atomic E-state index is 0.790. The van der Waals surface area contributed by atoms with E-state index in [1.807, 2.05) is 0 Å². The first-order valence-electron chi connectivity index (χ1n) is 4.81. The van der Waals surface area contributed by atoms with Crippen LogP contribution < -0.4 is 5.32 Å². The van der Waals surface area contributed by atoms with Gasteiger partial charge in [-0.2, -0.15) is 5.10 Å². The van der Waals surface area contributed by atoms with Crippen molar-refractivity contribution in [3.8, 4) is 0 Å². The molecule has 3 rings (SSSR count). The average Bonchev–Trinajstić information content (AvgIpc) is 2.91. The highest BCUT2D eigenvalue weighted by Gasteiger charge is 2.21. The minimum atomic E-state index is 0.790. The fourth-order valence-electron chi connectivity index (χ4n) is 1.47. The van der Waals surface area contributed by atoms with Gasteiger partial charge in [0.15, 0.2) is 5.65 Å². The second kappa shape index (κ2) is 2.94. The van der Waals surface area contributed by atoms with Crippen molar-refractivity contribution in [2.75, 3.05) is 11.9 Å². The summed E-state index contributed by atoms with van der Waals surface area (Å²) in [4.78, 5) is 8.27. The first-order valence-corrected chi connectivity index (χ1v) is 4.81. The summed E-state index contributed by atoms with van der Waals surface area (Å²) >= 11 is 0. The van der Waals surface area contributed by atoms with Crippen molar-refractivity contribution in [3.05, 3.63) is 12.5 Å². The van der Waals surface area contributed by atoms with Crippen molar-refractivity contribution in [1.82, 2.24) is 20.2 Å². The van der Waals surface area contributed by atoms with Gasteiger partial charge in [0.25, 0.3) is 0 Å². The van der Waals surface area contributed by atoms with Crippen molar-refractivity contribution in [3.63, 3.8) is 0 Å². The van der Waals surface area contributed by atoms with Gasteiger partial charge in [-0.3, -0.25) is 5.10 Å². The highest BCUT2D eigenvalue weighted by atomic mass is 15.2. The summed E-state index contributed by atoms with van der Waals surface area (Å²) in [5, 5.41) is 11.0. The van der Waals surface area contributed by atoms with E-state index >= 15 is 0 Å². The summed E-state index contributed by atoms with van der Waals surface area (Å²) in [5.74, 6) is 1.72. The average molecular weight is 189 g/mol. The number of hydrogen-bond acceptors (Lipinski definition) is 4. The van der Waals surface area contributed by atoms with Crippen LogP contribution in [-0.2, 0) is 0 Å². The molecule has 2 N–H and O–H groups in total. The number of fused-ring (bicyclic) bond motifs is 1. The van der Waals surface area contributed by atoms with Crippen molar-refractivity contribution in [2.24, 2.45) is 5.92 Å². The van der Waals surface area contributed by atoms with E-state index in [1.165, 1.54) is 12.8 Å². The molecular weight excluding hydrogens is 178 g/mol. The van der Waals surface area contributed by atoms with Crippen molar-refractivity contribution in [2.45, 2.75) is 12.8 Å². The predicted octanol–water partition coefficient (Wildman–Crippen LogP) is 1.17. The highest BCUT2D eigenvalue weighted by molar-refractivity contribution is 5.85. The largest absolute Gasteiger partial charge is 0.369 e. The predicted molar refractivity (Wildman–Crippen MR) is 52.9 cm³/mol. The molecule has 1 aliphatic carbocycles. The Kier molecular flexibility index (Phi) is 1.62. The second-order valence-electron chi connectivity index (χ2n) is 3.68. The smallest absolute Gasteiger partial charge is 0.160 e. The quantitative estimate of drug-likeness (QED) is 0.760. The van der Waals surface area contributed by atoms with Crippen LogP contribution in [0.15, 0.2) is 12.5 Å². The third-order valence-electron chi connectivity index (χ3n) is 2.50. The van der Waals surface area contributed by atoms with Gasteiger partial charge in [-0.1, -0.05) is 0 Å². The molecule has 0 aromatic carbocycles. The van der Waals surface area contributed by atoms with Gasteiger partial charge >= 0.3 is 0 Å². The van der Waals surface area contributed by atoms with E-state index in [-0.39, 0.29) is 0 Å². The van der Waals surface area contributed by atoms with Gasteiger partial charge in [-0.15, -0.1) is 0 Å². The lowest BCUT2D eigenvalue weighted by atomic mass is 10.3. The molecule has 0 atom stereocenters. The molecule has 0 amide bonds. The van der Waals surface area contributed by atoms with Crippen molar-refractivity contribution >= 4 is 16.9 Å². The molecule has 72 valence electrons. The highest BCUT2D eigenvalue weighted by Crippen LogP contribution is 2.29. The third-order valence-corrected chi connectivity index (χ3v) is 2.50. The standard InChI is InChI=1S/C9H11N5/c1-2-6(1)3-10-8-7-4-13-14-9(7)12-5-11-8/h4-6H,1-3H2,(H2,10,11,12,13,14). The summed E-state index contributed by atoms with van der Waals surface area (Å²) in [6.45, 7) is 1.01. The van der Waals surface area contributed by atoms with Crippen LogP contribution in [-0.4, -0.2) is 26.7 Å². The molecular formula is C9H11N5. The maximum absolute atomic E-state index is 4.20. The Hall–Kier alpha value is -1.65. The van der Waals surface area contributed by atoms with Crippen molar-refractivity contribution in [1.29, 1.82) is 0 Å².